The van der Waals surface area contributed by atoms with E-state index in [2.05, 4.69) is 42.6 Å². The Hall–Kier alpha value is -3.12. The lowest BCUT2D eigenvalue weighted by Gasteiger charge is -2.09. The molecule has 1 aliphatic rings. The molecule has 0 spiro atoms. The number of nitrogens with zero attached hydrogens (tertiary/aromatic N) is 6. The summed E-state index contributed by atoms with van der Waals surface area (Å²) in [5, 5.41) is 20.8. The average Bonchev–Trinajstić information content (AvgIpc) is 3.32. The molecule has 1 aliphatic carbocycles. The molecule has 1 N–H and O–H groups in total. The summed E-state index contributed by atoms with van der Waals surface area (Å²) in [5.74, 6) is 2.76. The van der Waals surface area contributed by atoms with E-state index in [0.29, 0.717) is 47.5 Å². The first-order valence-corrected chi connectivity index (χ1v) is 9.80. The van der Waals surface area contributed by atoms with Crippen LogP contribution in [0, 0.1) is 31.1 Å². The van der Waals surface area contributed by atoms with Crippen molar-refractivity contribution in [3.05, 3.63) is 51.5 Å². The van der Waals surface area contributed by atoms with Gasteiger partial charge in [-0.2, -0.15) is 10.2 Å². The van der Waals surface area contributed by atoms with E-state index in [4.69, 9.17) is 10.00 Å². The summed E-state index contributed by atoms with van der Waals surface area (Å²) in [6, 6.07) is 7.96. The fourth-order valence-electron chi connectivity index (χ4n) is 2.93. The van der Waals surface area contributed by atoms with Gasteiger partial charge in [-0.25, -0.2) is 4.98 Å². The molecule has 0 saturated heterocycles. The van der Waals surface area contributed by atoms with Crippen LogP contribution in [0.1, 0.15) is 39.4 Å². The fourth-order valence-corrected chi connectivity index (χ4v) is 3.50. The van der Waals surface area contributed by atoms with E-state index < -0.39 is 0 Å². The van der Waals surface area contributed by atoms with Gasteiger partial charge in [-0.3, -0.25) is 4.98 Å². The Morgan fingerprint density at radius 1 is 1.29 bits per heavy atom. The highest BCUT2D eigenvalue weighted by atomic mass is 32.1. The van der Waals surface area contributed by atoms with Gasteiger partial charge in [0.2, 0.25) is 10.9 Å². The van der Waals surface area contributed by atoms with Crippen LogP contribution in [0.15, 0.2) is 24.4 Å². The summed E-state index contributed by atoms with van der Waals surface area (Å²) < 4.78 is 5.91. The van der Waals surface area contributed by atoms with Crippen molar-refractivity contribution in [3.8, 4) is 11.9 Å². The first-order valence-electron chi connectivity index (χ1n) is 8.98. The Kier molecular flexibility index (Phi) is 5.12. The van der Waals surface area contributed by atoms with E-state index in [-0.39, 0.29) is 0 Å². The molecule has 3 heterocycles. The van der Waals surface area contributed by atoms with E-state index >= 15 is 0 Å². The highest BCUT2D eigenvalue weighted by Crippen LogP contribution is 2.46. The highest BCUT2D eigenvalue weighted by molar-refractivity contribution is 7.11. The quantitative estimate of drug-likeness (QED) is 0.652. The van der Waals surface area contributed by atoms with E-state index in [1.54, 1.807) is 6.07 Å². The second-order valence-corrected chi connectivity index (χ2v) is 7.84. The number of pyridine rings is 1. The maximum atomic E-state index is 8.82. The molecule has 142 valence electrons. The zero-order valence-corrected chi connectivity index (χ0v) is 16.4. The van der Waals surface area contributed by atoms with Gasteiger partial charge in [-0.05, 0) is 31.9 Å². The number of aromatic nitrogens is 5. The third-order valence-corrected chi connectivity index (χ3v) is 5.31. The first kappa shape index (κ1) is 18.3. The largest absolute Gasteiger partial charge is 0.477 e. The van der Waals surface area contributed by atoms with E-state index in [9.17, 15) is 0 Å². The fraction of sp³-hybridized carbons (Fsp3) is 0.368. The smallest absolute Gasteiger partial charge is 0.218 e. The summed E-state index contributed by atoms with van der Waals surface area (Å²) in [4.78, 5) is 13.2. The van der Waals surface area contributed by atoms with Gasteiger partial charge in [-0.15, -0.1) is 10.2 Å². The van der Waals surface area contributed by atoms with Gasteiger partial charge >= 0.3 is 0 Å². The van der Waals surface area contributed by atoms with Crippen molar-refractivity contribution < 1.29 is 4.74 Å². The molecule has 9 heteroatoms. The highest BCUT2D eigenvalue weighted by Gasteiger charge is 2.40. The minimum Gasteiger partial charge on any atom is -0.477 e. The van der Waals surface area contributed by atoms with Crippen molar-refractivity contribution in [1.82, 2.24) is 25.1 Å². The van der Waals surface area contributed by atoms with Crippen LogP contribution in [0.25, 0.3) is 0 Å². The zero-order chi connectivity index (χ0) is 19.5. The molecular formula is C19H19N7OS. The predicted molar refractivity (Wildman–Crippen MR) is 104 cm³/mol. The number of nitriles is 1. The molecule has 28 heavy (non-hydrogen) atoms. The topological polar surface area (TPSA) is 110 Å². The second kappa shape index (κ2) is 7.86. The van der Waals surface area contributed by atoms with Crippen molar-refractivity contribution >= 4 is 17.2 Å². The third kappa shape index (κ3) is 4.40. The van der Waals surface area contributed by atoms with Crippen LogP contribution in [0.4, 0.5) is 5.82 Å². The predicted octanol–water partition coefficient (Wildman–Crippen LogP) is 3.01. The van der Waals surface area contributed by atoms with E-state index in [1.165, 1.54) is 16.9 Å². The first-order chi connectivity index (χ1) is 13.6. The van der Waals surface area contributed by atoms with Gasteiger partial charge in [0, 0.05) is 29.8 Å². The lowest BCUT2D eigenvalue weighted by Crippen LogP contribution is -2.07. The van der Waals surface area contributed by atoms with Crippen LogP contribution in [-0.2, 0) is 6.54 Å². The lowest BCUT2D eigenvalue weighted by molar-refractivity contribution is 0.284. The molecule has 0 amide bonds. The average molecular weight is 393 g/mol. The summed E-state index contributed by atoms with van der Waals surface area (Å²) in [6.07, 6.45) is 3.00. The van der Waals surface area contributed by atoms with Crippen LogP contribution in [-0.4, -0.2) is 31.8 Å². The summed E-state index contributed by atoms with van der Waals surface area (Å²) in [6.45, 7) is 4.92. The van der Waals surface area contributed by atoms with Gasteiger partial charge in [0.15, 0.2) is 0 Å². The van der Waals surface area contributed by atoms with Crippen LogP contribution < -0.4 is 10.1 Å². The number of hydrogen-bond donors (Lipinski definition) is 1. The van der Waals surface area contributed by atoms with Crippen LogP contribution in [0.2, 0.25) is 0 Å². The SMILES string of the molecule is Cc1ccc([C@H]2C[C@@H]2COc2cc(NCc3nnc(C#N)s3)nc(C)n2)nc1. The maximum Gasteiger partial charge on any atom is 0.218 e. The minimum atomic E-state index is 0.349. The third-order valence-electron chi connectivity index (χ3n) is 4.48. The van der Waals surface area contributed by atoms with Crippen molar-refractivity contribution in [1.29, 1.82) is 5.26 Å². The Labute approximate surface area is 166 Å². The van der Waals surface area contributed by atoms with Crippen LogP contribution >= 0.6 is 11.3 Å². The molecule has 0 bridgehead atoms. The molecule has 0 unspecified atom stereocenters. The molecule has 1 fully saturated rings. The zero-order valence-electron chi connectivity index (χ0n) is 15.6. The molecule has 3 aromatic heterocycles. The maximum absolute atomic E-state index is 8.82. The van der Waals surface area contributed by atoms with Gasteiger partial charge in [-0.1, -0.05) is 17.4 Å². The minimum absolute atomic E-state index is 0.349. The number of nitrogens with one attached hydrogen (secondary N) is 1. The van der Waals surface area contributed by atoms with Crippen LogP contribution in [0.5, 0.6) is 5.88 Å². The molecule has 0 aromatic carbocycles. The Morgan fingerprint density at radius 3 is 2.93 bits per heavy atom. The van der Waals surface area contributed by atoms with Crippen molar-refractivity contribution in [2.45, 2.75) is 32.7 Å². The molecule has 1 saturated carbocycles. The molecule has 8 nitrogen and oxygen atoms in total. The normalized spacial score (nSPS) is 17.8. The number of rotatable bonds is 7. The Balaban J connectivity index is 1.32. The van der Waals surface area contributed by atoms with E-state index in [0.717, 1.165) is 17.1 Å². The lowest BCUT2D eigenvalue weighted by atomic mass is 10.2. The van der Waals surface area contributed by atoms with Gasteiger partial charge in [0.25, 0.3) is 0 Å². The van der Waals surface area contributed by atoms with Crippen molar-refractivity contribution in [2.75, 3.05) is 11.9 Å². The molecular weight excluding hydrogens is 374 g/mol. The Bertz CT molecular complexity index is 1010. The van der Waals surface area contributed by atoms with Gasteiger partial charge < -0.3 is 10.1 Å². The summed E-state index contributed by atoms with van der Waals surface area (Å²) >= 11 is 1.26. The molecule has 0 radical (unpaired) electrons. The number of anilines is 1. The standard InChI is InChI=1S/C19H19N7OS/c1-11-3-4-15(21-8-11)14-5-13(14)10-27-17-6-16(23-12(2)24-17)22-9-19-26-25-18(7-20)28-19/h3-4,6,8,13-14H,5,9-10H2,1-2H3,(H,22,23,24)/t13-,14+/m1/s1. The Morgan fingerprint density at radius 2 is 2.18 bits per heavy atom. The van der Waals surface area contributed by atoms with Gasteiger partial charge in [0.05, 0.1) is 13.2 Å². The molecule has 2 atom stereocenters. The van der Waals surface area contributed by atoms with E-state index in [1.807, 2.05) is 26.1 Å². The monoisotopic (exact) mass is 393 g/mol. The van der Waals surface area contributed by atoms with Crippen molar-refractivity contribution in [3.63, 3.8) is 0 Å². The second-order valence-electron chi connectivity index (χ2n) is 6.78. The molecule has 4 rings (SSSR count). The van der Waals surface area contributed by atoms with Crippen LogP contribution in [0.3, 0.4) is 0 Å². The van der Waals surface area contributed by atoms with Gasteiger partial charge in [0.1, 0.15) is 22.7 Å². The summed E-state index contributed by atoms with van der Waals surface area (Å²) in [5.41, 5.74) is 2.31. The number of aryl methyl sites for hydroxylation is 2. The number of ether oxygens (including phenoxy) is 1. The van der Waals surface area contributed by atoms with Crippen molar-refractivity contribution in [2.24, 2.45) is 5.92 Å². The molecule has 0 aliphatic heterocycles. The summed E-state index contributed by atoms with van der Waals surface area (Å²) in [7, 11) is 0. The molecule has 3 aromatic rings. The number of hydrogen-bond acceptors (Lipinski definition) is 9.